The molecule has 0 aliphatic heterocycles. The number of rotatable bonds is 4. The molecule has 15 heavy (non-hydrogen) atoms. The number of nitrogens with one attached hydrogen (secondary N) is 1. The zero-order valence-corrected chi connectivity index (χ0v) is 8.59. The fraction of sp³-hybridized carbons (Fsp3) is 0.300. The van der Waals surface area contributed by atoms with Crippen LogP contribution in [0.4, 0.5) is 5.69 Å². The molecule has 1 N–H and O–H groups in total. The van der Waals surface area contributed by atoms with Gasteiger partial charge in [-0.25, -0.2) is 0 Å². The van der Waals surface area contributed by atoms with Crippen molar-refractivity contribution in [3.63, 3.8) is 0 Å². The highest BCUT2D eigenvalue weighted by Gasteiger charge is 1.97. The van der Waals surface area contributed by atoms with E-state index >= 15 is 0 Å². The van der Waals surface area contributed by atoms with Crippen LogP contribution in [-0.4, -0.2) is 19.7 Å². The summed E-state index contributed by atoms with van der Waals surface area (Å²) < 4.78 is 1.87. The van der Waals surface area contributed by atoms with Gasteiger partial charge in [0.1, 0.15) is 0 Å². The van der Waals surface area contributed by atoms with Crippen LogP contribution in [0.3, 0.4) is 0 Å². The Labute approximate surface area is 88.2 Å². The normalized spacial score (nSPS) is 10.2. The highest BCUT2D eigenvalue weighted by atomic mass is 15.3. The number of anilines is 1. The molecule has 2 heterocycles. The van der Waals surface area contributed by atoms with Gasteiger partial charge >= 0.3 is 0 Å². The Kier molecular flexibility index (Phi) is 2.92. The van der Waals surface area contributed by atoms with E-state index in [1.165, 1.54) is 0 Å². The smallest absolute Gasteiger partial charge is 0.0777 e. The Morgan fingerprint density at radius 3 is 2.93 bits per heavy atom. The molecule has 0 saturated heterocycles. The number of nitrogens with zero attached hydrogens (tertiary/aromatic N) is 4. The van der Waals surface area contributed by atoms with Crippen molar-refractivity contribution >= 4 is 5.69 Å². The lowest BCUT2D eigenvalue weighted by molar-refractivity contribution is 0.660. The summed E-state index contributed by atoms with van der Waals surface area (Å²) in [6.07, 6.45) is 8.87. The zero-order valence-electron chi connectivity index (χ0n) is 8.59. The van der Waals surface area contributed by atoms with E-state index in [2.05, 4.69) is 27.3 Å². The maximum Gasteiger partial charge on any atom is 0.0777 e. The van der Waals surface area contributed by atoms with Crippen molar-refractivity contribution in [3.05, 3.63) is 36.7 Å². The van der Waals surface area contributed by atoms with Gasteiger partial charge in [-0.05, 0) is 6.92 Å². The van der Waals surface area contributed by atoms with Gasteiger partial charge in [-0.2, -0.15) is 5.10 Å². The third kappa shape index (κ3) is 2.52. The molecule has 0 atom stereocenters. The van der Waals surface area contributed by atoms with E-state index in [4.69, 9.17) is 0 Å². The molecule has 0 aromatic carbocycles. The van der Waals surface area contributed by atoms with Gasteiger partial charge in [-0.1, -0.05) is 0 Å². The molecule has 0 amide bonds. The summed E-state index contributed by atoms with van der Waals surface area (Å²) in [5.41, 5.74) is 1.92. The second-order valence-electron chi connectivity index (χ2n) is 3.14. The zero-order chi connectivity index (χ0) is 10.5. The Morgan fingerprint density at radius 2 is 2.27 bits per heavy atom. The number of aromatic nitrogens is 4. The molecular formula is C10H13N5. The van der Waals surface area contributed by atoms with Crippen molar-refractivity contribution in [2.24, 2.45) is 0 Å². The molecule has 78 valence electrons. The van der Waals surface area contributed by atoms with Gasteiger partial charge in [-0.3, -0.25) is 14.6 Å². The monoisotopic (exact) mass is 203 g/mol. The largest absolute Gasteiger partial charge is 0.377 e. The first-order chi connectivity index (χ1) is 7.38. The summed E-state index contributed by atoms with van der Waals surface area (Å²) in [4.78, 5) is 8.16. The van der Waals surface area contributed by atoms with Crippen LogP contribution in [0.15, 0.2) is 31.0 Å². The molecule has 2 aromatic heterocycles. The number of aryl methyl sites for hydroxylation is 1. The summed E-state index contributed by atoms with van der Waals surface area (Å²) >= 11 is 0. The predicted molar refractivity (Wildman–Crippen MR) is 57.3 cm³/mol. The molecule has 0 aliphatic carbocycles. The molecule has 0 spiro atoms. The SMILES string of the molecule is CCn1cc(NCc2cnccn2)cn1. The Bertz CT molecular complexity index is 409. The second-order valence-corrected chi connectivity index (χ2v) is 3.14. The van der Waals surface area contributed by atoms with Gasteiger partial charge in [0.25, 0.3) is 0 Å². The highest BCUT2D eigenvalue weighted by Crippen LogP contribution is 2.05. The first kappa shape index (κ1) is 9.64. The Balaban J connectivity index is 1.93. The minimum Gasteiger partial charge on any atom is -0.377 e. The summed E-state index contributed by atoms with van der Waals surface area (Å²) in [5, 5.41) is 7.39. The van der Waals surface area contributed by atoms with Crippen molar-refractivity contribution in [1.82, 2.24) is 19.7 Å². The van der Waals surface area contributed by atoms with Gasteiger partial charge in [-0.15, -0.1) is 0 Å². The summed E-state index contributed by atoms with van der Waals surface area (Å²) in [5.74, 6) is 0. The molecule has 0 saturated carbocycles. The van der Waals surface area contributed by atoms with E-state index in [0.717, 1.165) is 17.9 Å². The van der Waals surface area contributed by atoms with Crippen LogP contribution in [-0.2, 0) is 13.1 Å². The summed E-state index contributed by atoms with van der Waals surface area (Å²) in [6.45, 7) is 3.61. The fourth-order valence-corrected chi connectivity index (χ4v) is 1.24. The average molecular weight is 203 g/mol. The molecule has 5 heteroatoms. The van der Waals surface area contributed by atoms with E-state index in [0.29, 0.717) is 6.54 Å². The molecule has 0 fully saturated rings. The minimum absolute atomic E-state index is 0.670. The third-order valence-electron chi connectivity index (χ3n) is 2.05. The topological polar surface area (TPSA) is 55.6 Å². The molecule has 0 bridgehead atoms. The Morgan fingerprint density at radius 1 is 1.33 bits per heavy atom. The van der Waals surface area contributed by atoms with E-state index < -0.39 is 0 Å². The van der Waals surface area contributed by atoms with Gasteiger partial charge in [0.15, 0.2) is 0 Å². The van der Waals surface area contributed by atoms with Crippen molar-refractivity contribution in [2.75, 3.05) is 5.32 Å². The summed E-state index contributed by atoms with van der Waals surface area (Å²) in [6, 6.07) is 0. The first-order valence-electron chi connectivity index (χ1n) is 4.89. The first-order valence-corrected chi connectivity index (χ1v) is 4.89. The molecule has 5 nitrogen and oxygen atoms in total. The lowest BCUT2D eigenvalue weighted by atomic mass is 10.4. The molecule has 0 radical (unpaired) electrons. The van der Waals surface area contributed by atoms with Gasteiger partial charge < -0.3 is 5.32 Å². The van der Waals surface area contributed by atoms with Gasteiger partial charge in [0.2, 0.25) is 0 Å². The van der Waals surface area contributed by atoms with Crippen molar-refractivity contribution in [1.29, 1.82) is 0 Å². The van der Waals surface area contributed by atoms with E-state index in [9.17, 15) is 0 Å². The predicted octanol–water partition coefficient (Wildman–Crippen LogP) is 1.31. The molecule has 0 aliphatic rings. The second kappa shape index (κ2) is 4.54. The number of hydrogen-bond donors (Lipinski definition) is 1. The van der Waals surface area contributed by atoms with Crippen molar-refractivity contribution in [3.8, 4) is 0 Å². The van der Waals surface area contributed by atoms with Crippen LogP contribution in [0.2, 0.25) is 0 Å². The van der Waals surface area contributed by atoms with Crippen LogP contribution >= 0.6 is 0 Å². The maximum atomic E-state index is 4.17. The van der Waals surface area contributed by atoms with E-state index in [1.807, 2.05) is 10.9 Å². The van der Waals surface area contributed by atoms with Crippen LogP contribution in [0, 0.1) is 0 Å². The third-order valence-corrected chi connectivity index (χ3v) is 2.05. The van der Waals surface area contributed by atoms with Crippen LogP contribution in [0.5, 0.6) is 0 Å². The van der Waals surface area contributed by atoms with Gasteiger partial charge in [0.05, 0.1) is 30.3 Å². The lowest BCUT2D eigenvalue weighted by Crippen LogP contribution is -2.01. The lowest BCUT2D eigenvalue weighted by Gasteiger charge is -2.01. The van der Waals surface area contributed by atoms with Crippen LogP contribution in [0.1, 0.15) is 12.6 Å². The molecule has 2 aromatic rings. The highest BCUT2D eigenvalue weighted by molar-refractivity contribution is 5.38. The van der Waals surface area contributed by atoms with E-state index in [1.54, 1.807) is 24.8 Å². The average Bonchev–Trinajstić information content (AvgIpc) is 2.76. The minimum atomic E-state index is 0.670. The summed E-state index contributed by atoms with van der Waals surface area (Å²) in [7, 11) is 0. The van der Waals surface area contributed by atoms with Crippen LogP contribution in [0.25, 0.3) is 0 Å². The number of hydrogen-bond acceptors (Lipinski definition) is 4. The van der Waals surface area contributed by atoms with Crippen LogP contribution < -0.4 is 5.32 Å². The Hall–Kier alpha value is -1.91. The van der Waals surface area contributed by atoms with E-state index in [-0.39, 0.29) is 0 Å². The van der Waals surface area contributed by atoms with Gasteiger partial charge in [0, 0.05) is 25.1 Å². The van der Waals surface area contributed by atoms with Crippen molar-refractivity contribution < 1.29 is 0 Å². The maximum absolute atomic E-state index is 4.17. The quantitative estimate of drug-likeness (QED) is 0.813. The molecular weight excluding hydrogens is 190 g/mol. The standard InChI is InChI=1S/C10H13N5/c1-2-15-8-10(7-14-15)13-6-9-5-11-3-4-12-9/h3-5,7-8,13H,2,6H2,1H3. The fourth-order valence-electron chi connectivity index (χ4n) is 1.24. The molecule has 2 rings (SSSR count). The molecule has 0 unspecified atom stereocenters. The van der Waals surface area contributed by atoms with Crippen molar-refractivity contribution in [2.45, 2.75) is 20.0 Å².